The molecule has 0 atom stereocenters. The Bertz CT molecular complexity index is 173. The molecular formula is C3H6NNaO3S. The molecule has 0 heterocycles. The van der Waals surface area contributed by atoms with Crippen molar-refractivity contribution in [1.29, 1.82) is 0 Å². The molecule has 0 saturated heterocycles. The number of hydrogen-bond donors (Lipinski definition) is 1. The predicted octanol–water partition coefficient (Wildman–Crippen LogP) is -3.80. The molecule has 0 aromatic rings. The molecule has 4 nitrogen and oxygen atoms in total. The molecular weight excluding hydrogens is 153 g/mol. The largest absolute Gasteiger partial charge is 1.00 e. The van der Waals surface area contributed by atoms with E-state index in [1.165, 1.54) is 0 Å². The third-order valence-corrected chi connectivity index (χ3v) is 1.51. The van der Waals surface area contributed by atoms with Crippen molar-refractivity contribution in [2.75, 3.05) is 0 Å². The third kappa shape index (κ3) is 5.32. The molecule has 1 aliphatic carbocycles. The van der Waals surface area contributed by atoms with Crippen LogP contribution < -0.4 is 34.3 Å². The molecule has 0 spiro atoms. The average molecular weight is 159 g/mol. The van der Waals surface area contributed by atoms with E-state index in [0.29, 0.717) is 0 Å². The molecule has 6 heteroatoms. The van der Waals surface area contributed by atoms with Crippen LogP contribution in [0.2, 0.25) is 0 Å². The zero-order chi connectivity index (χ0) is 6.20. The Labute approximate surface area is 76.2 Å². The van der Waals surface area contributed by atoms with Crippen molar-refractivity contribution in [2.45, 2.75) is 18.9 Å². The molecule has 9 heavy (non-hydrogen) atoms. The van der Waals surface area contributed by atoms with Crippen molar-refractivity contribution >= 4 is 10.3 Å². The fraction of sp³-hybridized carbons (Fsp3) is 1.00. The van der Waals surface area contributed by atoms with Crippen LogP contribution in [-0.2, 0) is 10.3 Å². The van der Waals surface area contributed by atoms with E-state index in [0.717, 1.165) is 12.8 Å². The second kappa shape index (κ2) is 3.32. The molecule has 1 N–H and O–H groups in total. The third-order valence-electron chi connectivity index (χ3n) is 0.888. The van der Waals surface area contributed by atoms with Crippen LogP contribution in [0.15, 0.2) is 0 Å². The Hall–Kier alpha value is 0.870. The quantitative estimate of drug-likeness (QED) is 0.332. The summed E-state index contributed by atoms with van der Waals surface area (Å²) in [5.41, 5.74) is 0. The van der Waals surface area contributed by atoms with E-state index in [9.17, 15) is 13.0 Å². The van der Waals surface area contributed by atoms with Crippen LogP contribution in [0.5, 0.6) is 0 Å². The van der Waals surface area contributed by atoms with E-state index in [-0.39, 0.29) is 35.6 Å². The molecule has 1 rings (SSSR count). The SMILES string of the molecule is O=S(=O)([O-])NC1CC1.[Na+]. The zero-order valence-corrected chi connectivity index (χ0v) is 7.94. The Balaban J connectivity index is 0.000000640. The van der Waals surface area contributed by atoms with Gasteiger partial charge in [-0.3, -0.25) is 0 Å². The fourth-order valence-electron chi connectivity index (χ4n) is 0.405. The second-order valence-electron chi connectivity index (χ2n) is 1.85. The molecule has 0 bridgehead atoms. The molecule has 0 radical (unpaired) electrons. The Morgan fingerprint density at radius 3 is 2.00 bits per heavy atom. The summed E-state index contributed by atoms with van der Waals surface area (Å²) >= 11 is 0. The molecule has 0 aliphatic heterocycles. The summed E-state index contributed by atoms with van der Waals surface area (Å²) in [6.45, 7) is 0. The molecule has 1 fully saturated rings. The van der Waals surface area contributed by atoms with Gasteiger partial charge in [-0.25, -0.2) is 13.1 Å². The van der Waals surface area contributed by atoms with Gasteiger partial charge in [0.05, 0.1) is 0 Å². The van der Waals surface area contributed by atoms with Crippen molar-refractivity contribution in [3.05, 3.63) is 0 Å². The predicted molar refractivity (Wildman–Crippen MR) is 25.9 cm³/mol. The van der Waals surface area contributed by atoms with Gasteiger partial charge in [0.25, 0.3) is 0 Å². The second-order valence-corrected chi connectivity index (χ2v) is 2.99. The molecule has 1 saturated carbocycles. The van der Waals surface area contributed by atoms with E-state index < -0.39 is 10.3 Å². The van der Waals surface area contributed by atoms with Crippen molar-refractivity contribution < 1.29 is 42.5 Å². The van der Waals surface area contributed by atoms with E-state index in [2.05, 4.69) is 0 Å². The maximum absolute atomic E-state index is 9.82. The minimum atomic E-state index is -4.16. The van der Waals surface area contributed by atoms with Crippen LogP contribution in [0.3, 0.4) is 0 Å². The van der Waals surface area contributed by atoms with Crippen LogP contribution in [0.1, 0.15) is 12.8 Å². The van der Waals surface area contributed by atoms with E-state index in [1.54, 1.807) is 0 Å². The van der Waals surface area contributed by atoms with Crippen LogP contribution in [-0.4, -0.2) is 19.0 Å². The minimum absolute atomic E-state index is 0. The van der Waals surface area contributed by atoms with Gasteiger partial charge in [0, 0.05) is 6.04 Å². The molecule has 1 aliphatic rings. The first kappa shape index (κ1) is 9.87. The Morgan fingerprint density at radius 1 is 1.44 bits per heavy atom. The van der Waals surface area contributed by atoms with E-state index in [4.69, 9.17) is 0 Å². The minimum Gasteiger partial charge on any atom is -0.735 e. The molecule has 0 unspecified atom stereocenters. The maximum Gasteiger partial charge on any atom is 1.00 e. The van der Waals surface area contributed by atoms with Gasteiger partial charge in [0.2, 0.25) is 0 Å². The maximum atomic E-state index is 9.82. The first-order valence-corrected chi connectivity index (χ1v) is 3.72. The van der Waals surface area contributed by atoms with Crippen molar-refractivity contribution in [3.8, 4) is 0 Å². The molecule has 48 valence electrons. The zero-order valence-electron chi connectivity index (χ0n) is 5.12. The first-order chi connectivity index (χ1) is 3.58. The normalized spacial score (nSPS) is 18.8. The summed E-state index contributed by atoms with van der Waals surface area (Å²) in [5, 5.41) is 0. The average Bonchev–Trinajstić information content (AvgIpc) is 2.12. The van der Waals surface area contributed by atoms with Crippen molar-refractivity contribution in [1.82, 2.24) is 4.72 Å². The Morgan fingerprint density at radius 2 is 1.89 bits per heavy atom. The van der Waals surface area contributed by atoms with Crippen molar-refractivity contribution in [3.63, 3.8) is 0 Å². The summed E-state index contributed by atoms with van der Waals surface area (Å²) < 4.78 is 31.4. The summed E-state index contributed by atoms with van der Waals surface area (Å²) in [6.07, 6.45) is 1.61. The Kier molecular flexibility index (Phi) is 3.64. The summed E-state index contributed by atoms with van der Waals surface area (Å²) in [6, 6.07) is -0.0579. The summed E-state index contributed by atoms with van der Waals surface area (Å²) in [4.78, 5) is 0. The van der Waals surface area contributed by atoms with Crippen LogP contribution in [0, 0.1) is 0 Å². The molecule has 0 amide bonds. The van der Waals surface area contributed by atoms with Gasteiger partial charge in [-0.1, -0.05) is 0 Å². The van der Waals surface area contributed by atoms with Gasteiger partial charge in [0.1, 0.15) is 0 Å². The number of rotatable bonds is 2. The molecule has 0 aromatic carbocycles. The number of nitrogens with one attached hydrogen (secondary N) is 1. The number of hydrogen-bond acceptors (Lipinski definition) is 3. The van der Waals surface area contributed by atoms with Gasteiger partial charge in [0.15, 0.2) is 10.3 Å². The van der Waals surface area contributed by atoms with Gasteiger partial charge < -0.3 is 4.55 Å². The van der Waals surface area contributed by atoms with Gasteiger partial charge >= 0.3 is 29.6 Å². The summed E-state index contributed by atoms with van der Waals surface area (Å²) in [7, 11) is -4.16. The smallest absolute Gasteiger partial charge is 0.735 e. The summed E-state index contributed by atoms with van der Waals surface area (Å²) in [5.74, 6) is 0. The topological polar surface area (TPSA) is 69.2 Å². The standard InChI is InChI=1S/C3H7NO3S.Na/c5-8(6,7)4-3-1-2-3;/h3-4H,1-2H2,(H,5,6,7);/q;+1/p-1. The van der Waals surface area contributed by atoms with Gasteiger partial charge in [-0.2, -0.15) is 0 Å². The fourth-order valence-corrected chi connectivity index (χ4v) is 1.05. The molecule has 0 aromatic heterocycles. The van der Waals surface area contributed by atoms with Crippen LogP contribution >= 0.6 is 0 Å². The van der Waals surface area contributed by atoms with E-state index >= 15 is 0 Å². The van der Waals surface area contributed by atoms with Gasteiger partial charge in [-0.05, 0) is 12.8 Å². The van der Waals surface area contributed by atoms with Gasteiger partial charge in [-0.15, -0.1) is 0 Å². The van der Waals surface area contributed by atoms with Crippen LogP contribution in [0.4, 0.5) is 0 Å². The van der Waals surface area contributed by atoms with E-state index in [1.807, 2.05) is 4.72 Å². The monoisotopic (exact) mass is 159 g/mol. The van der Waals surface area contributed by atoms with Crippen molar-refractivity contribution in [2.24, 2.45) is 0 Å². The first-order valence-electron chi connectivity index (χ1n) is 2.31. The van der Waals surface area contributed by atoms with Crippen LogP contribution in [0.25, 0.3) is 0 Å².